The number of hydrogen-bond donors (Lipinski definition) is 1. The van der Waals surface area contributed by atoms with Gasteiger partial charge >= 0.3 is 0 Å². The fourth-order valence-corrected chi connectivity index (χ4v) is 2.86. The van der Waals surface area contributed by atoms with E-state index >= 15 is 0 Å². The van der Waals surface area contributed by atoms with Crippen molar-refractivity contribution < 1.29 is 0 Å². The fraction of sp³-hybridized carbons (Fsp3) is 0.0625. The second-order valence-corrected chi connectivity index (χ2v) is 5.87. The normalized spacial score (nSPS) is 12.6. The predicted molar refractivity (Wildman–Crippen MR) is 86.9 cm³/mol. The zero-order valence-corrected chi connectivity index (χ0v) is 12.9. The zero-order chi connectivity index (χ0) is 14.1. The Balaban J connectivity index is 2.08. The van der Waals surface area contributed by atoms with Crippen molar-refractivity contribution in [1.29, 1.82) is 0 Å². The lowest BCUT2D eigenvalue weighted by atomic mass is 10.0. The molecule has 100 valence electrons. The maximum absolute atomic E-state index is 6.32. The molecule has 1 heterocycles. The Bertz CT molecular complexity index is 756. The van der Waals surface area contributed by atoms with Gasteiger partial charge in [0.15, 0.2) is 0 Å². The summed E-state index contributed by atoms with van der Waals surface area (Å²) in [4.78, 5) is 4.67. The van der Waals surface area contributed by atoms with Crippen LogP contribution in [0.2, 0.25) is 5.02 Å². The first-order chi connectivity index (χ1) is 9.65. The van der Waals surface area contributed by atoms with E-state index in [0.29, 0.717) is 5.02 Å². The highest BCUT2D eigenvalue weighted by atomic mass is 79.9. The second-order valence-electron chi connectivity index (χ2n) is 4.58. The monoisotopic (exact) mass is 346 g/mol. The Morgan fingerprint density at radius 3 is 2.50 bits per heavy atom. The van der Waals surface area contributed by atoms with Crippen LogP contribution in [0.5, 0.6) is 0 Å². The summed E-state index contributed by atoms with van der Waals surface area (Å²) in [6.07, 6.45) is 0. The molecule has 0 saturated carbocycles. The van der Waals surface area contributed by atoms with E-state index < -0.39 is 0 Å². The van der Waals surface area contributed by atoms with Crippen molar-refractivity contribution in [1.82, 2.24) is 4.98 Å². The van der Waals surface area contributed by atoms with Crippen LogP contribution in [0.15, 0.2) is 59.1 Å². The molecule has 0 amide bonds. The molecule has 2 aromatic carbocycles. The Hall–Kier alpha value is -1.42. The van der Waals surface area contributed by atoms with Crippen LogP contribution in [-0.4, -0.2) is 4.98 Å². The molecule has 4 heteroatoms. The topological polar surface area (TPSA) is 38.9 Å². The van der Waals surface area contributed by atoms with Crippen LogP contribution in [-0.2, 0) is 0 Å². The van der Waals surface area contributed by atoms with Gasteiger partial charge in [0.05, 0.1) is 17.3 Å². The van der Waals surface area contributed by atoms with Crippen molar-refractivity contribution in [2.24, 2.45) is 5.73 Å². The van der Waals surface area contributed by atoms with E-state index in [1.807, 2.05) is 54.6 Å². The highest BCUT2D eigenvalue weighted by Gasteiger charge is 2.15. The fourth-order valence-electron chi connectivity index (χ4n) is 2.15. The first-order valence-electron chi connectivity index (χ1n) is 6.21. The van der Waals surface area contributed by atoms with E-state index in [2.05, 4.69) is 20.9 Å². The van der Waals surface area contributed by atoms with E-state index in [-0.39, 0.29) is 6.04 Å². The third-order valence-electron chi connectivity index (χ3n) is 3.23. The number of para-hydroxylation sites is 1. The molecule has 0 fully saturated rings. The Labute approximate surface area is 130 Å². The van der Waals surface area contributed by atoms with Crippen molar-refractivity contribution in [3.8, 4) is 0 Å². The van der Waals surface area contributed by atoms with Gasteiger partial charge in [0, 0.05) is 14.9 Å². The lowest BCUT2D eigenvalue weighted by Gasteiger charge is -2.14. The molecule has 20 heavy (non-hydrogen) atoms. The molecule has 2 nitrogen and oxygen atoms in total. The average molecular weight is 348 g/mol. The van der Waals surface area contributed by atoms with Crippen molar-refractivity contribution >= 4 is 38.4 Å². The number of pyridine rings is 1. The van der Waals surface area contributed by atoms with Crippen molar-refractivity contribution in [3.63, 3.8) is 0 Å². The van der Waals surface area contributed by atoms with Crippen LogP contribution < -0.4 is 5.73 Å². The number of rotatable bonds is 2. The van der Waals surface area contributed by atoms with E-state index in [1.165, 1.54) is 0 Å². The van der Waals surface area contributed by atoms with Gasteiger partial charge in [-0.15, -0.1) is 0 Å². The maximum atomic E-state index is 6.32. The van der Waals surface area contributed by atoms with E-state index in [4.69, 9.17) is 17.3 Å². The average Bonchev–Trinajstić information content (AvgIpc) is 2.46. The van der Waals surface area contributed by atoms with Gasteiger partial charge in [0.25, 0.3) is 0 Å². The zero-order valence-electron chi connectivity index (χ0n) is 10.6. The van der Waals surface area contributed by atoms with Crippen LogP contribution >= 0.6 is 27.5 Å². The first-order valence-corrected chi connectivity index (χ1v) is 7.38. The second kappa shape index (κ2) is 5.52. The molecule has 0 bridgehead atoms. The quantitative estimate of drug-likeness (QED) is 0.730. The Morgan fingerprint density at radius 1 is 1.05 bits per heavy atom. The minimum atomic E-state index is -0.286. The van der Waals surface area contributed by atoms with Crippen LogP contribution in [0, 0.1) is 0 Å². The van der Waals surface area contributed by atoms with Gasteiger partial charge < -0.3 is 5.73 Å². The standard InChI is InChI=1S/C16H12BrClN2/c17-13-9-11-3-1-2-4-14(11)20-16(13)15(19)10-5-7-12(18)8-6-10/h1-9,15H,19H2. The van der Waals surface area contributed by atoms with Crippen LogP contribution in [0.1, 0.15) is 17.3 Å². The molecule has 3 rings (SSSR count). The number of benzene rings is 2. The van der Waals surface area contributed by atoms with Gasteiger partial charge in [-0.3, -0.25) is 0 Å². The summed E-state index contributed by atoms with van der Waals surface area (Å²) in [6.45, 7) is 0. The number of hydrogen-bond acceptors (Lipinski definition) is 2. The molecular formula is C16H12BrClN2. The molecule has 0 aliphatic rings. The van der Waals surface area contributed by atoms with Gasteiger partial charge in [-0.2, -0.15) is 0 Å². The highest BCUT2D eigenvalue weighted by Crippen LogP contribution is 2.28. The number of nitrogens with zero attached hydrogens (tertiary/aromatic N) is 1. The number of nitrogens with two attached hydrogens (primary N) is 1. The van der Waals surface area contributed by atoms with Gasteiger partial charge in [-0.1, -0.05) is 41.9 Å². The summed E-state index contributed by atoms with van der Waals surface area (Å²) in [6, 6.07) is 17.3. The number of aromatic nitrogens is 1. The molecule has 0 radical (unpaired) electrons. The van der Waals surface area contributed by atoms with Crippen LogP contribution in [0.3, 0.4) is 0 Å². The minimum absolute atomic E-state index is 0.286. The van der Waals surface area contributed by atoms with Gasteiger partial charge in [0.1, 0.15) is 0 Å². The molecule has 1 unspecified atom stereocenters. The van der Waals surface area contributed by atoms with Crippen molar-refractivity contribution in [2.75, 3.05) is 0 Å². The van der Waals surface area contributed by atoms with Crippen molar-refractivity contribution in [2.45, 2.75) is 6.04 Å². The number of halogens is 2. The summed E-state index contributed by atoms with van der Waals surface area (Å²) < 4.78 is 0.915. The molecular weight excluding hydrogens is 336 g/mol. The molecule has 0 aliphatic heterocycles. The molecule has 1 aromatic heterocycles. The summed E-state index contributed by atoms with van der Waals surface area (Å²) in [5.41, 5.74) is 9.07. The summed E-state index contributed by atoms with van der Waals surface area (Å²) in [5, 5.41) is 1.79. The molecule has 1 atom stereocenters. The largest absolute Gasteiger partial charge is 0.319 e. The molecule has 0 saturated heterocycles. The van der Waals surface area contributed by atoms with E-state index in [0.717, 1.165) is 26.6 Å². The predicted octanol–water partition coefficient (Wildman–Crippen LogP) is 4.70. The smallest absolute Gasteiger partial charge is 0.0765 e. The van der Waals surface area contributed by atoms with E-state index in [9.17, 15) is 0 Å². The summed E-state index contributed by atoms with van der Waals surface area (Å²) >= 11 is 9.47. The molecule has 0 aliphatic carbocycles. The lowest BCUT2D eigenvalue weighted by Crippen LogP contribution is -2.14. The van der Waals surface area contributed by atoms with Crippen LogP contribution in [0.25, 0.3) is 10.9 Å². The van der Waals surface area contributed by atoms with Gasteiger partial charge in [-0.25, -0.2) is 4.98 Å². The SMILES string of the molecule is NC(c1ccc(Cl)cc1)c1nc2ccccc2cc1Br. The maximum Gasteiger partial charge on any atom is 0.0765 e. The van der Waals surface area contributed by atoms with E-state index in [1.54, 1.807) is 0 Å². The highest BCUT2D eigenvalue weighted by molar-refractivity contribution is 9.10. The third-order valence-corrected chi connectivity index (χ3v) is 4.12. The minimum Gasteiger partial charge on any atom is -0.319 e. The van der Waals surface area contributed by atoms with Gasteiger partial charge in [-0.05, 0) is 45.8 Å². The Morgan fingerprint density at radius 2 is 1.75 bits per heavy atom. The Kier molecular flexibility index (Phi) is 3.74. The number of fused-ring (bicyclic) bond motifs is 1. The molecule has 0 spiro atoms. The summed E-state index contributed by atoms with van der Waals surface area (Å²) in [5.74, 6) is 0. The lowest BCUT2D eigenvalue weighted by molar-refractivity contribution is 0.829. The van der Waals surface area contributed by atoms with Gasteiger partial charge in [0.2, 0.25) is 0 Å². The van der Waals surface area contributed by atoms with Crippen LogP contribution in [0.4, 0.5) is 0 Å². The molecule has 2 N–H and O–H groups in total. The summed E-state index contributed by atoms with van der Waals surface area (Å²) in [7, 11) is 0. The third kappa shape index (κ3) is 2.57. The first kappa shape index (κ1) is 13.6. The van der Waals surface area contributed by atoms with Crippen molar-refractivity contribution in [3.05, 3.63) is 75.4 Å². The molecule has 3 aromatic rings.